The molecule has 0 unspecified atom stereocenters. The Hall–Kier alpha value is -0.330. The molecule has 88 valence electrons. The predicted octanol–water partition coefficient (Wildman–Crippen LogP) is 1.55. The van der Waals surface area contributed by atoms with Crippen molar-refractivity contribution in [1.29, 1.82) is 0 Å². The number of hydrogen-bond acceptors (Lipinski definition) is 2. The van der Waals surface area contributed by atoms with Gasteiger partial charge < -0.3 is 10.4 Å². The monoisotopic (exact) mass is 353 g/mol. The van der Waals surface area contributed by atoms with Crippen molar-refractivity contribution in [3.63, 3.8) is 0 Å². The quantitative estimate of drug-likeness (QED) is 0.623. The van der Waals surface area contributed by atoms with E-state index in [0.717, 1.165) is 9.13 Å². The van der Waals surface area contributed by atoms with Crippen molar-refractivity contribution >= 4 is 40.1 Å². The molecule has 5 heteroatoms. The number of amides is 1. The summed E-state index contributed by atoms with van der Waals surface area (Å²) in [5.74, 6) is -0.339. The van der Waals surface area contributed by atoms with Crippen LogP contribution in [0.5, 0.6) is 0 Å². The first-order chi connectivity index (χ1) is 7.65. The molecule has 1 aromatic carbocycles. The molecule has 1 amide bonds. The molecule has 0 aromatic heterocycles. The van der Waals surface area contributed by atoms with Gasteiger partial charge in [-0.15, -0.1) is 11.6 Å². The number of benzene rings is 1. The van der Waals surface area contributed by atoms with Crippen LogP contribution in [0.25, 0.3) is 0 Å². The highest BCUT2D eigenvalue weighted by Crippen LogP contribution is 2.09. The van der Waals surface area contributed by atoms with Crippen molar-refractivity contribution in [2.75, 3.05) is 12.5 Å². The molecule has 0 spiro atoms. The fourth-order valence-electron chi connectivity index (χ4n) is 1.38. The zero-order valence-corrected chi connectivity index (χ0v) is 11.5. The summed E-state index contributed by atoms with van der Waals surface area (Å²) in [5.41, 5.74) is 1.08. The van der Waals surface area contributed by atoms with E-state index in [1.807, 2.05) is 24.3 Å². The Bertz CT molecular complexity index is 360. The second-order valence-electron chi connectivity index (χ2n) is 3.41. The van der Waals surface area contributed by atoms with E-state index in [9.17, 15) is 4.79 Å². The Morgan fingerprint density at radius 1 is 1.56 bits per heavy atom. The normalized spacial score (nSPS) is 12.2. The predicted molar refractivity (Wildman–Crippen MR) is 72.6 cm³/mol. The summed E-state index contributed by atoms with van der Waals surface area (Å²) in [6.07, 6.45) is 0.607. The Morgan fingerprint density at radius 2 is 2.31 bits per heavy atom. The standard InChI is InChI=1S/C11H13ClINO2/c12-6-11(16)14-10(7-15)5-8-2-1-3-9(13)4-8/h1-4,10,15H,5-7H2,(H,14,16)/t10-/m0/s1. The average Bonchev–Trinajstić information content (AvgIpc) is 2.28. The maximum Gasteiger partial charge on any atom is 0.235 e. The van der Waals surface area contributed by atoms with Crippen molar-refractivity contribution in [3.8, 4) is 0 Å². The van der Waals surface area contributed by atoms with E-state index in [1.165, 1.54) is 0 Å². The fraction of sp³-hybridized carbons (Fsp3) is 0.364. The Morgan fingerprint density at radius 3 is 2.88 bits per heavy atom. The lowest BCUT2D eigenvalue weighted by molar-refractivity contribution is -0.119. The van der Waals surface area contributed by atoms with Gasteiger partial charge in [-0.3, -0.25) is 4.79 Å². The van der Waals surface area contributed by atoms with Gasteiger partial charge in [-0.25, -0.2) is 0 Å². The molecule has 0 aliphatic carbocycles. The highest BCUT2D eigenvalue weighted by molar-refractivity contribution is 14.1. The maximum atomic E-state index is 11.1. The van der Waals surface area contributed by atoms with Crippen LogP contribution in [0.1, 0.15) is 5.56 Å². The van der Waals surface area contributed by atoms with Crippen molar-refractivity contribution < 1.29 is 9.90 Å². The molecule has 0 saturated heterocycles. The number of carbonyl (C=O) groups excluding carboxylic acids is 1. The molecule has 0 aliphatic heterocycles. The summed E-state index contributed by atoms with van der Waals surface area (Å²) >= 11 is 7.61. The van der Waals surface area contributed by atoms with E-state index in [0.29, 0.717) is 6.42 Å². The number of halogens is 2. The molecule has 0 aliphatic rings. The van der Waals surface area contributed by atoms with Crippen LogP contribution in [-0.4, -0.2) is 29.5 Å². The van der Waals surface area contributed by atoms with E-state index in [1.54, 1.807) is 0 Å². The third-order valence-corrected chi connectivity index (χ3v) is 2.99. The summed E-state index contributed by atoms with van der Waals surface area (Å²) < 4.78 is 1.13. The van der Waals surface area contributed by atoms with Crippen LogP contribution < -0.4 is 5.32 Å². The Kier molecular flexibility index (Phi) is 6.08. The Labute approximate surface area is 113 Å². The lowest BCUT2D eigenvalue weighted by Gasteiger charge is -2.15. The van der Waals surface area contributed by atoms with Gasteiger partial charge >= 0.3 is 0 Å². The highest BCUT2D eigenvalue weighted by atomic mass is 127. The molecule has 0 fully saturated rings. The van der Waals surface area contributed by atoms with E-state index in [2.05, 4.69) is 27.9 Å². The number of aliphatic hydroxyl groups excluding tert-OH is 1. The summed E-state index contributed by atoms with van der Waals surface area (Å²) in [6, 6.07) is 7.67. The SMILES string of the molecule is O=C(CCl)N[C@H](CO)Cc1cccc(I)c1. The zero-order chi connectivity index (χ0) is 12.0. The van der Waals surface area contributed by atoms with Gasteiger partial charge in [-0.1, -0.05) is 12.1 Å². The van der Waals surface area contributed by atoms with Crippen molar-refractivity contribution in [1.82, 2.24) is 5.32 Å². The number of hydrogen-bond donors (Lipinski definition) is 2. The number of carbonyl (C=O) groups is 1. The minimum absolute atomic E-state index is 0.0805. The average molecular weight is 354 g/mol. The van der Waals surface area contributed by atoms with Gasteiger partial charge in [0.25, 0.3) is 0 Å². The largest absolute Gasteiger partial charge is 0.394 e. The van der Waals surface area contributed by atoms with Crippen molar-refractivity contribution in [3.05, 3.63) is 33.4 Å². The lowest BCUT2D eigenvalue weighted by atomic mass is 10.1. The van der Waals surface area contributed by atoms with Crippen LogP contribution >= 0.6 is 34.2 Å². The van der Waals surface area contributed by atoms with Crippen molar-refractivity contribution in [2.45, 2.75) is 12.5 Å². The van der Waals surface area contributed by atoms with E-state index in [4.69, 9.17) is 16.7 Å². The van der Waals surface area contributed by atoms with Crippen LogP contribution in [-0.2, 0) is 11.2 Å². The van der Waals surface area contributed by atoms with Gasteiger partial charge in [0.1, 0.15) is 5.88 Å². The lowest BCUT2D eigenvalue weighted by Crippen LogP contribution is -2.39. The van der Waals surface area contributed by atoms with E-state index >= 15 is 0 Å². The minimum Gasteiger partial charge on any atom is -0.394 e. The number of aliphatic hydroxyl groups is 1. The molecule has 1 rings (SSSR count). The smallest absolute Gasteiger partial charge is 0.235 e. The molecule has 1 atom stereocenters. The summed E-state index contributed by atoms with van der Waals surface area (Å²) in [5, 5.41) is 11.8. The molecule has 1 aromatic rings. The third-order valence-electron chi connectivity index (χ3n) is 2.08. The molecule has 0 heterocycles. The molecule has 16 heavy (non-hydrogen) atoms. The molecule has 2 N–H and O–H groups in total. The molecular weight excluding hydrogens is 340 g/mol. The summed E-state index contributed by atoms with van der Waals surface area (Å²) in [4.78, 5) is 11.1. The fourth-order valence-corrected chi connectivity index (χ4v) is 2.06. The van der Waals surface area contributed by atoms with Gasteiger partial charge in [0.05, 0.1) is 12.6 Å². The van der Waals surface area contributed by atoms with Gasteiger partial charge in [0.2, 0.25) is 5.91 Å². The first-order valence-electron chi connectivity index (χ1n) is 4.86. The molecule has 0 saturated carbocycles. The Balaban J connectivity index is 2.59. The van der Waals surface area contributed by atoms with Crippen LogP contribution in [0.3, 0.4) is 0 Å². The van der Waals surface area contributed by atoms with Gasteiger partial charge in [-0.2, -0.15) is 0 Å². The van der Waals surface area contributed by atoms with E-state index in [-0.39, 0.29) is 24.4 Å². The molecular formula is C11H13ClINO2. The van der Waals surface area contributed by atoms with Crippen LogP contribution in [0, 0.1) is 3.57 Å². The topological polar surface area (TPSA) is 49.3 Å². The number of nitrogens with one attached hydrogen (secondary N) is 1. The van der Waals surface area contributed by atoms with Crippen LogP contribution in [0.4, 0.5) is 0 Å². The van der Waals surface area contributed by atoms with E-state index < -0.39 is 0 Å². The number of rotatable bonds is 5. The first-order valence-corrected chi connectivity index (χ1v) is 6.47. The summed E-state index contributed by atoms with van der Waals surface area (Å²) in [7, 11) is 0. The highest BCUT2D eigenvalue weighted by Gasteiger charge is 2.11. The van der Waals surface area contributed by atoms with Crippen LogP contribution in [0.2, 0.25) is 0 Å². The number of alkyl halides is 1. The molecule has 0 bridgehead atoms. The second-order valence-corrected chi connectivity index (χ2v) is 4.93. The van der Waals surface area contributed by atoms with Crippen LogP contribution in [0.15, 0.2) is 24.3 Å². The van der Waals surface area contributed by atoms with Gasteiger partial charge in [0, 0.05) is 3.57 Å². The minimum atomic E-state index is -0.274. The third kappa shape index (κ3) is 4.67. The van der Waals surface area contributed by atoms with Gasteiger partial charge in [-0.05, 0) is 46.7 Å². The zero-order valence-electron chi connectivity index (χ0n) is 8.62. The first kappa shape index (κ1) is 13.7. The van der Waals surface area contributed by atoms with Crippen molar-refractivity contribution in [2.24, 2.45) is 0 Å². The second kappa shape index (κ2) is 7.09. The summed E-state index contributed by atoms with van der Waals surface area (Å²) in [6.45, 7) is -0.0892. The molecule has 0 radical (unpaired) electrons. The van der Waals surface area contributed by atoms with Gasteiger partial charge in [0.15, 0.2) is 0 Å². The maximum absolute atomic E-state index is 11.1. The molecule has 3 nitrogen and oxygen atoms in total.